The van der Waals surface area contributed by atoms with E-state index in [1.54, 1.807) is 38.5 Å². The van der Waals surface area contributed by atoms with Crippen LogP contribution in [-0.4, -0.2) is 31.2 Å². The van der Waals surface area contributed by atoms with Gasteiger partial charge in [-0.1, -0.05) is 12.1 Å². The lowest BCUT2D eigenvalue weighted by Crippen LogP contribution is -2.22. The molecule has 2 rings (SSSR count). The van der Waals surface area contributed by atoms with Crippen molar-refractivity contribution >= 4 is 29.1 Å². The first-order valence-electron chi connectivity index (χ1n) is 7.75. The van der Waals surface area contributed by atoms with Gasteiger partial charge in [0.05, 0.1) is 19.5 Å². The summed E-state index contributed by atoms with van der Waals surface area (Å²) in [4.78, 5) is 24.7. The van der Waals surface area contributed by atoms with Gasteiger partial charge in [0.1, 0.15) is 0 Å². The van der Waals surface area contributed by atoms with Gasteiger partial charge in [-0.2, -0.15) is 0 Å². The molecule has 5 nitrogen and oxygen atoms in total. The molecule has 0 heterocycles. The molecule has 25 heavy (non-hydrogen) atoms. The predicted molar refractivity (Wildman–Crippen MR) is 99.9 cm³/mol. The molecule has 0 aliphatic heterocycles. The molecule has 0 saturated heterocycles. The predicted octanol–water partition coefficient (Wildman–Crippen LogP) is 4.03. The first kappa shape index (κ1) is 18.9. The number of ketones is 1. The van der Waals surface area contributed by atoms with E-state index in [0.29, 0.717) is 22.7 Å². The van der Waals surface area contributed by atoms with Crippen molar-refractivity contribution in [3.05, 3.63) is 48.0 Å². The Hall–Kier alpha value is -2.47. The quantitative estimate of drug-likeness (QED) is 0.597. The lowest BCUT2D eigenvalue weighted by Gasteiger charge is -2.14. The molecule has 0 aliphatic rings. The molecule has 0 aromatic heterocycles. The molecule has 1 atom stereocenters. The number of rotatable bonds is 7. The Morgan fingerprint density at radius 2 is 1.76 bits per heavy atom. The van der Waals surface area contributed by atoms with Gasteiger partial charge < -0.3 is 14.8 Å². The fourth-order valence-electron chi connectivity index (χ4n) is 2.21. The summed E-state index contributed by atoms with van der Waals surface area (Å²) in [5, 5.41) is 2.52. The molecule has 1 amide bonds. The average Bonchev–Trinajstić information content (AvgIpc) is 2.61. The number of benzene rings is 2. The SMILES string of the molecule is COc1ccc(SC(C)C(=O)Nc2cccc(C(C)=O)c2)cc1OC. The van der Waals surface area contributed by atoms with Gasteiger partial charge in [-0.3, -0.25) is 9.59 Å². The molecule has 0 spiro atoms. The summed E-state index contributed by atoms with van der Waals surface area (Å²) in [5.74, 6) is 1.09. The molecule has 0 radical (unpaired) electrons. The molecule has 132 valence electrons. The van der Waals surface area contributed by atoms with Crippen molar-refractivity contribution in [2.24, 2.45) is 0 Å². The maximum absolute atomic E-state index is 12.4. The summed E-state index contributed by atoms with van der Waals surface area (Å²) in [5.41, 5.74) is 1.18. The first-order chi connectivity index (χ1) is 11.9. The number of amides is 1. The van der Waals surface area contributed by atoms with Crippen LogP contribution < -0.4 is 14.8 Å². The highest BCUT2D eigenvalue weighted by molar-refractivity contribution is 8.00. The molecular formula is C19H21NO4S. The molecule has 0 saturated carbocycles. The van der Waals surface area contributed by atoms with Gasteiger partial charge in [0.15, 0.2) is 17.3 Å². The van der Waals surface area contributed by atoms with E-state index >= 15 is 0 Å². The van der Waals surface area contributed by atoms with Crippen LogP contribution in [-0.2, 0) is 4.79 Å². The normalized spacial score (nSPS) is 11.5. The molecule has 0 bridgehead atoms. The van der Waals surface area contributed by atoms with E-state index in [9.17, 15) is 9.59 Å². The van der Waals surface area contributed by atoms with Gasteiger partial charge in [-0.25, -0.2) is 0 Å². The molecule has 2 aromatic carbocycles. The summed E-state index contributed by atoms with van der Waals surface area (Å²) < 4.78 is 10.5. The van der Waals surface area contributed by atoms with Crippen LogP contribution in [0.4, 0.5) is 5.69 Å². The Morgan fingerprint density at radius 3 is 2.40 bits per heavy atom. The second-order valence-corrected chi connectivity index (χ2v) is 6.82. The number of carbonyl (C=O) groups is 2. The molecular weight excluding hydrogens is 338 g/mol. The van der Waals surface area contributed by atoms with Crippen molar-refractivity contribution in [1.82, 2.24) is 0 Å². The molecule has 1 N–H and O–H groups in total. The maximum Gasteiger partial charge on any atom is 0.237 e. The van der Waals surface area contributed by atoms with E-state index < -0.39 is 0 Å². The summed E-state index contributed by atoms with van der Waals surface area (Å²) in [6.07, 6.45) is 0. The van der Waals surface area contributed by atoms with Crippen LogP contribution >= 0.6 is 11.8 Å². The van der Waals surface area contributed by atoms with Crippen LogP contribution in [0.2, 0.25) is 0 Å². The van der Waals surface area contributed by atoms with Crippen molar-refractivity contribution in [1.29, 1.82) is 0 Å². The number of nitrogens with one attached hydrogen (secondary N) is 1. The third kappa shape index (κ3) is 5.00. The van der Waals surface area contributed by atoms with Crippen LogP contribution in [0.15, 0.2) is 47.4 Å². The molecule has 6 heteroatoms. The largest absolute Gasteiger partial charge is 0.493 e. The number of Topliss-reactive ketones (excluding diaryl/α,β-unsaturated/α-hetero) is 1. The topological polar surface area (TPSA) is 64.6 Å². The number of anilines is 1. The Kier molecular flexibility index (Phi) is 6.47. The van der Waals surface area contributed by atoms with Gasteiger partial charge >= 0.3 is 0 Å². The van der Waals surface area contributed by atoms with Crippen molar-refractivity contribution in [3.8, 4) is 11.5 Å². The van der Waals surface area contributed by atoms with Crippen molar-refractivity contribution < 1.29 is 19.1 Å². The van der Waals surface area contributed by atoms with Gasteiger partial charge in [-0.15, -0.1) is 11.8 Å². The van der Waals surface area contributed by atoms with E-state index in [0.717, 1.165) is 4.90 Å². The fraction of sp³-hybridized carbons (Fsp3) is 0.263. The van der Waals surface area contributed by atoms with E-state index in [-0.39, 0.29) is 16.9 Å². The highest BCUT2D eigenvalue weighted by Crippen LogP contribution is 2.33. The maximum atomic E-state index is 12.4. The highest BCUT2D eigenvalue weighted by atomic mass is 32.2. The number of hydrogen-bond donors (Lipinski definition) is 1. The summed E-state index contributed by atoms with van der Waals surface area (Å²) in [6.45, 7) is 3.32. The number of ether oxygens (including phenoxy) is 2. The van der Waals surface area contributed by atoms with Crippen molar-refractivity contribution in [2.75, 3.05) is 19.5 Å². The van der Waals surface area contributed by atoms with Gasteiger partial charge in [0.25, 0.3) is 0 Å². The number of carbonyl (C=O) groups excluding carboxylic acids is 2. The van der Waals surface area contributed by atoms with E-state index in [2.05, 4.69) is 5.32 Å². The minimum atomic E-state index is -0.320. The highest BCUT2D eigenvalue weighted by Gasteiger charge is 2.16. The standard InChI is InChI=1S/C19H21NO4S/c1-12(21)14-6-5-7-15(10-14)20-19(22)13(2)25-16-8-9-17(23-3)18(11-16)24-4/h5-11,13H,1-4H3,(H,20,22). The lowest BCUT2D eigenvalue weighted by molar-refractivity contribution is -0.115. The van der Waals surface area contributed by atoms with Crippen molar-refractivity contribution in [3.63, 3.8) is 0 Å². The van der Waals surface area contributed by atoms with Crippen molar-refractivity contribution in [2.45, 2.75) is 24.0 Å². The molecule has 1 unspecified atom stereocenters. The van der Waals surface area contributed by atoms with Crippen LogP contribution in [0.5, 0.6) is 11.5 Å². The van der Waals surface area contributed by atoms with Crippen LogP contribution in [0, 0.1) is 0 Å². The fourth-order valence-corrected chi connectivity index (χ4v) is 3.10. The monoisotopic (exact) mass is 359 g/mol. The zero-order valence-corrected chi connectivity index (χ0v) is 15.5. The average molecular weight is 359 g/mol. The molecule has 0 aliphatic carbocycles. The van der Waals surface area contributed by atoms with Gasteiger partial charge in [0, 0.05) is 16.1 Å². The zero-order valence-electron chi connectivity index (χ0n) is 14.7. The Morgan fingerprint density at radius 1 is 1.04 bits per heavy atom. The Bertz CT molecular complexity index is 776. The Balaban J connectivity index is 2.05. The summed E-state index contributed by atoms with van der Waals surface area (Å²) >= 11 is 1.42. The van der Waals surface area contributed by atoms with E-state index in [1.165, 1.54) is 18.7 Å². The Labute approximate surface area is 151 Å². The van der Waals surface area contributed by atoms with Gasteiger partial charge in [-0.05, 0) is 44.2 Å². The molecule has 0 fully saturated rings. The third-order valence-electron chi connectivity index (χ3n) is 3.57. The molecule has 2 aromatic rings. The van der Waals surface area contributed by atoms with Crippen LogP contribution in [0.25, 0.3) is 0 Å². The van der Waals surface area contributed by atoms with Crippen LogP contribution in [0.3, 0.4) is 0 Å². The van der Waals surface area contributed by atoms with Crippen LogP contribution in [0.1, 0.15) is 24.2 Å². The second kappa shape index (κ2) is 8.58. The summed E-state index contributed by atoms with van der Waals surface area (Å²) in [7, 11) is 3.15. The second-order valence-electron chi connectivity index (χ2n) is 5.40. The lowest BCUT2D eigenvalue weighted by atomic mass is 10.1. The summed E-state index contributed by atoms with van der Waals surface area (Å²) in [6, 6.07) is 12.4. The zero-order chi connectivity index (χ0) is 18.4. The first-order valence-corrected chi connectivity index (χ1v) is 8.63. The number of methoxy groups -OCH3 is 2. The number of thioether (sulfide) groups is 1. The van der Waals surface area contributed by atoms with Gasteiger partial charge in [0.2, 0.25) is 5.91 Å². The third-order valence-corrected chi connectivity index (χ3v) is 4.67. The van der Waals surface area contributed by atoms with E-state index in [1.807, 2.05) is 25.1 Å². The van der Waals surface area contributed by atoms with E-state index in [4.69, 9.17) is 9.47 Å². The minimum absolute atomic E-state index is 0.0381. The number of hydrogen-bond acceptors (Lipinski definition) is 5. The smallest absolute Gasteiger partial charge is 0.237 e. The minimum Gasteiger partial charge on any atom is -0.493 e.